The van der Waals surface area contributed by atoms with Crippen LogP contribution in [0, 0.1) is 20.8 Å². The summed E-state index contributed by atoms with van der Waals surface area (Å²) in [5, 5.41) is 0. The van der Waals surface area contributed by atoms with Crippen LogP contribution in [0.25, 0.3) is 17.1 Å². The molecule has 24 heavy (non-hydrogen) atoms. The van der Waals surface area contributed by atoms with Crippen molar-refractivity contribution < 1.29 is 13.2 Å². The number of alkyl halides is 3. The van der Waals surface area contributed by atoms with Crippen molar-refractivity contribution in [3.63, 3.8) is 0 Å². The summed E-state index contributed by atoms with van der Waals surface area (Å²) in [4.78, 5) is 4.29. The van der Waals surface area contributed by atoms with Crippen molar-refractivity contribution in [1.82, 2.24) is 9.55 Å². The molecule has 0 radical (unpaired) electrons. The van der Waals surface area contributed by atoms with Gasteiger partial charge in [0.25, 0.3) is 0 Å². The van der Waals surface area contributed by atoms with Crippen LogP contribution in [0.5, 0.6) is 0 Å². The Kier molecular flexibility index (Phi) is 3.95. The van der Waals surface area contributed by atoms with Crippen molar-refractivity contribution in [2.75, 3.05) is 0 Å². The SMILES string of the molecule is Cc1cc(C)c(-n2ccnc2-c2cccc(C(F)(F)F)c2)c(C)c1. The third-order valence-electron chi connectivity index (χ3n) is 3.97. The quantitative estimate of drug-likeness (QED) is 0.608. The Hall–Kier alpha value is -2.56. The minimum atomic E-state index is -4.37. The Morgan fingerprint density at radius 1 is 0.958 bits per heavy atom. The van der Waals surface area contributed by atoms with Gasteiger partial charge < -0.3 is 0 Å². The number of hydrogen-bond donors (Lipinski definition) is 0. The average Bonchev–Trinajstić information content (AvgIpc) is 2.94. The van der Waals surface area contributed by atoms with Crippen LogP contribution in [0.1, 0.15) is 22.3 Å². The molecule has 0 spiro atoms. The van der Waals surface area contributed by atoms with Gasteiger partial charge in [0.05, 0.1) is 11.3 Å². The van der Waals surface area contributed by atoms with Crippen LogP contribution in [0.15, 0.2) is 48.8 Å². The lowest BCUT2D eigenvalue weighted by molar-refractivity contribution is -0.137. The highest BCUT2D eigenvalue weighted by Gasteiger charge is 2.30. The molecule has 0 saturated heterocycles. The zero-order valence-electron chi connectivity index (χ0n) is 13.6. The molecular formula is C19H17F3N2. The van der Waals surface area contributed by atoms with E-state index >= 15 is 0 Å². The van der Waals surface area contributed by atoms with E-state index in [9.17, 15) is 13.2 Å². The molecule has 0 saturated carbocycles. The van der Waals surface area contributed by atoms with Crippen molar-refractivity contribution >= 4 is 0 Å². The molecule has 1 aromatic heterocycles. The third kappa shape index (κ3) is 2.94. The Labute approximate surface area is 138 Å². The number of rotatable bonds is 2. The summed E-state index contributed by atoms with van der Waals surface area (Å²) in [7, 11) is 0. The molecule has 0 unspecified atom stereocenters. The smallest absolute Gasteiger partial charge is 0.299 e. The van der Waals surface area contributed by atoms with Gasteiger partial charge in [-0.3, -0.25) is 4.57 Å². The highest BCUT2D eigenvalue weighted by molar-refractivity contribution is 5.62. The first-order chi connectivity index (χ1) is 11.3. The summed E-state index contributed by atoms with van der Waals surface area (Å²) in [5.41, 5.74) is 3.97. The number of benzene rings is 2. The van der Waals surface area contributed by atoms with Crippen LogP contribution < -0.4 is 0 Å². The molecule has 5 heteroatoms. The Balaban J connectivity index is 2.17. The number of nitrogens with zero attached hydrogens (tertiary/aromatic N) is 2. The van der Waals surface area contributed by atoms with Crippen LogP contribution in [-0.4, -0.2) is 9.55 Å². The first-order valence-electron chi connectivity index (χ1n) is 7.56. The maximum Gasteiger partial charge on any atom is 0.416 e. The van der Waals surface area contributed by atoms with E-state index in [4.69, 9.17) is 0 Å². The molecule has 0 aliphatic carbocycles. The topological polar surface area (TPSA) is 17.8 Å². The van der Waals surface area contributed by atoms with Crippen molar-refractivity contribution in [1.29, 1.82) is 0 Å². The number of hydrogen-bond acceptors (Lipinski definition) is 1. The first kappa shape index (κ1) is 16.3. The average molecular weight is 330 g/mol. The van der Waals surface area contributed by atoms with E-state index in [0.29, 0.717) is 11.4 Å². The van der Waals surface area contributed by atoms with E-state index in [1.807, 2.05) is 25.3 Å². The third-order valence-corrected chi connectivity index (χ3v) is 3.97. The summed E-state index contributed by atoms with van der Waals surface area (Å²) >= 11 is 0. The molecule has 3 rings (SSSR count). The van der Waals surface area contributed by atoms with Crippen LogP contribution in [0.4, 0.5) is 13.2 Å². The largest absolute Gasteiger partial charge is 0.416 e. The van der Waals surface area contributed by atoms with Crippen LogP contribution in [0.3, 0.4) is 0 Å². The first-order valence-corrected chi connectivity index (χ1v) is 7.56. The standard InChI is InChI=1S/C19H17F3N2/c1-12-9-13(2)17(14(3)10-12)24-8-7-23-18(24)15-5-4-6-16(11-15)19(20,21)22/h4-11H,1-3H3. The summed E-state index contributed by atoms with van der Waals surface area (Å²) in [6.07, 6.45) is -0.988. The van der Waals surface area contributed by atoms with E-state index < -0.39 is 11.7 Å². The number of aryl methyl sites for hydroxylation is 3. The van der Waals surface area contributed by atoms with Gasteiger partial charge in [0, 0.05) is 18.0 Å². The van der Waals surface area contributed by atoms with E-state index in [2.05, 4.69) is 17.1 Å². The van der Waals surface area contributed by atoms with Gasteiger partial charge in [-0.25, -0.2) is 4.98 Å². The molecule has 1 heterocycles. The molecule has 124 valence electrons. The normalized spacial score (nSPS) is 11.8. The van der Waals surface area contributed by atoms with Crippen molar-refractivity contribution in [3.8, 4) is 17.1 Å². The fourth-order valence-electron chi connectivity index (χ4n) is 3.08. The maximum absolute atomic E-state index is 13.0. The zero-order valence-corrected chi connectivity index (χ0v) is 13.6. The molecule has 0 aliphatic heterocycles. The minimum Gasteiger partial charge on any atom is -0.299 e. The highest BCUT2D eigenvalue weighted by atomic mass is 19.4. The fraction of sp³-hybridized carbons (Fsp3) is 0.211. The predicted molar refractivity (Wildman–Crippen MR) is 88.2 cm³/mol. The lowest BCUT2D eigenvalue weighted by Crippen LogP contribution is -2.06. The van der Waals surface area contributed by atoms with E-state index in [1.165, 1.54) is 6.07 Å². The molecule has 0 bridgehead atoms. The zero-order chi connectivity index (χ0) is 17.5. The molecule has 3 aromatic rings. The predicted octanol–water partition coefficient (Wildman–Crippen LogP) is 5.48. The lowest BCUT2D eigenvalue weighted by atomic mass is 10.0. The molecule has 0 aliphatic rings. The summed E-state index contributed by atoms with van der Waals surface area (Å²) in [5.74, 6) is 0.496. The van der Waals surface area contributed by atoms with Gasteiger partial charge >= 0.3 is 6.18 Å². The van der Waals surface area contributed by atoms with Gasteiger partial charge in [-0.15, -0.1) is 0 Å². The fourth-order valence-corrected chi connectivity index (χ4v) is 3.08. The lowest BCUT2D eigenvalue weighted by Gasteiger charge is -2.16. The van der Waals surface area contributed by atoms with Gasteiger partial charge in [-0.1, -0.05) is 29.8 Å². The minimum absolute atomic E-state index is 0.439. The second kappa shape index (κ2) is 5.82. The molecule has 0 fully saturated rings. The second-order valence-corrected chi connectivity index (χ2v) is 5.95. The number of aromatic nitrogens is 2. The van der Waals surface area contributed by atoms with Crippen LogP contribution in [-0.2, 0) is 6.18 Å². The van der Waals surface area contributed by atoms with Crippen molar-refractivity contribution in [2.45, 2.75) is 26.9 Å². The van der Waals surface area contributed by atoms with Crippen molar-refractivity contribution in [2.24, 2.45) is 0 Å². The van der Waals surface area contributed by atoms with Gasteiger partial charge in [0.2, 0.25) is 0 Å². The molecule has 2 nitrogen and oxygen atoms in total. The molecular weight excluding hydrogens is 313 g/mol. The second-order valence-electron chi connectivity index (χ2n) is 5.95. The molecule has 2 aromatic carbocycles. The van der Waals surface area contributed by atoms with Gasteiger partial charge in [-0.05, 0) is 44.0 Å². The van der Waals surface area contributed by atoms with E-state index in [-0.39, 0.29) is 0 Å². The number of halogens is 3. The van der Waals surface area contributed by atoms with Crippen LogP contribution >= 0.6 is 0 Å². The Morgan fingerprint density at radius 3 is 2.25 bits per heavy atom. The Bertz CT molecular complexity index is 869. The summed E-state index contributed by atoms with van der Waals surface area (Å²) in [6, 6.07) is 9.37. The van der Waals surface area contributed by atoms with Gasteiger partial charge in [-0.2, -0.15) is 13.2 Å². The summed E-state index contributed by atoms with van der Waals surface area (Å²) < 4.78 is 40.8. The van der Waals surface area contributed by atoms with E-state index in [0.717, 1.165) is 34.5 Å². The highest BCUT2D eigenvalue weighted by Crippen LogP contribution is 2.33. The molecule has 0 atom stereocenters. The number of imidazole rings is 1. The van der Waals surface area contributed by atoms with Gasteiger partial charge in [0.1, 0.15) is 5.82 Å². The Morgan fingerprint density at radius 2 is 1.62 bits per heavy atom. The molecule has 0 amide bonds. The van der Waals surface area contributed by atoms with Crippen LogP contribution in [0.2, 0.25) is 0 Å². The monoisotopic (exact) mass is 330 g/mol. The summed E-state index contributed by atoms with van der Waals surface area (Å²) in [6.45, 7) is 6.00. The van der Waals surface area contributed by atoms with Crippen molar-refractivity contribution in [3.05, 3.63) is 71.0 Å². The van der Waals surface area contributed by atoms with Gasteiger partial charge in [0.15, 0.2) is 0 Å². The maximum atomic E-state index is 13.0. The van der Waals surface area contributed by atoms with E-state index in [1.54, 1.807) is 18.5 Å². The molecule has 0 N–H and O–H groups in total.